The van der Waals surface area contributed by atoms with E-state index in [9.17, 15) is 13.6 Å². The van der Waals surface area contributed by atoms with Crippen molar-refractivity contribution in [1.82, 2.24) is 0 Å². The van der Waals surface area contributed by atoms with E-state index in [0.717, 1.165) is 12.5 Å². The van der Waals surface area contributed by atoms with Crippen LogP contribution in [0.2, 0.25) is 0 Å². The first-order valence-electron chi connectivity index (χ1n) is 5.20. The van der Waals surface area contributed by atoms with Crippen molar-refractivity contribution in [2.45, 2.75) is 25.8 Å². The molecule has 0 saturated heterocycles. The molecule has 5 heteroatoms. The Hall–Kier alpha value is -1.74. The smallest absolute Gasteiger partial charge is 0.382 e. The zero-order valence-corrected chi connectivity index (χ0v) is 9.67. The predicted molar refractivity (Wildman–Crippen MR) is 59.0 cm³/mol. The van der Waals surface area contributed by atoms with Gasteiger partial charge in [0.2, 0.25) is 6.08 Å². The quantitative estimate of drug-likeness (QED) is 0.451. The number of para-hydroxylation sites is 1. The maximum Gasteiger partial charge on any atom is 0.382 e. The van der Waals surface area contributed by atoms with Crippen molar-refractivity contribution < 1.29 is 18.3 Å². The van der Waals surface area contributed by atoms with Crippen molar-refractivity contribution >= 4 is 6.08 Å². The molecule has 1 aromatic carbocycles. The van der Waals surface area contributed by atoms with Gasteiger partial charge in [-0.25, -0.2) is 4.79 Å². The van der Waals surface area contributed by atoms with Crippen molar-refractivity contribution in [3.63, 3.8) is 0 Å². The number of carbonyl (C=O) groups excluding carboxylic acids is 1. The molecule has 1 rings (SSSR count). The van der Waals surface area contributed by atoms with Crippen LogP contribution in [0.15, 0.2) is 23.2 Å². The van der Waals surface area contributed by atoms with E-state index < -0.39 is 11.6 Å². The molecule has 17 heavy (non-hydrogen) atoms. The molecule has 0 unspecified atom stereocenters. The van der Waals surface area contributed by atoms with Crippen molar-refractivity contribution in [2.75, 3.05) is 7.11 Å². The summed E-state index contributed by atoms with van der Waals surface area (Å²) in [6, 6.07) is 0.805. The summed E-state index contributed by atoms with van der Waals surface area (Å²) in [5.41, 5.74) is 0.266. The summed E-state index contributed by atoms with van der Waals surface area (Å²) >= 11 is 0. The number of aryl methyl sites for hydroxylation is 1. The number of rotatable bonds is 5. The molecule has 0 radical (unpaired) electrons. The predicted octanol–water partition coefficient (Wildman–Crippen LogP) is 3.03. The third-order valence-electron chi connectivity index (χ3n) is 2.33. The van der Waals surface area contributed by atoms with E-state index in [0.29, 0.717) is 12.0 Å². The fraction of sp³-hybridized carbons (Fsp3) is 0.417. The lowest BCUT2D eigenvalue weighted by atomic mass is 10.0. The first-order chi connectivity index (χ1) is 8.06. The van der Waals surface area contributed by atoms with Crippen molar-refractivity contribution in [1.29, 1.82) is 0 Å². The van der Waals surface area contributed by atoms with E-state index >= 15 is 0 Å². The highest BCUT2D eigenvalue weighted by atomic mass is 19.3. The first kappa shape index (κ1) is 13.3. The zero-order chi connectivity index (χ0) is 12.9. The van der Waals surface area contributed by atoms with E-state index in [4.69, 9.17) is 4.74 Å². The number of isocyanates is 1. The van der Waals surface area contributed by atoms with Gasteiger partial charge in [0, 0.05) is 0 Å². The van der Waals surface area contributed by atoms with Crippen molar-refractivity contribution in [3.8, 4) is 5.75 Å². The molecule has 0 aliphatic rings. The number of hydrogen-bond acceptors (Lipinski definition) is 3. The van der Waals surface area contributed by atoms with Gasteiger partial charge in [-0.3, -0.25) is 0 Å². The summed E-state index contributed by atoms with van der Waals surface area (Å²) in [4.78, 5) is 12.5. The Kier molecular flexibility index (Phi) is 4.35. The molecule has 0 bridgehead atoms. The summed E-state index contributed by atoms with van der Waals surface area (Å²) in [6.45, 7) is 1.94. The molecule has 0 fully saturated rings. The van der Waals surface area contributed by atoms with Gasteiger partial charge in [-0.15, -0.1) is 4.99 Å². The van der Waals surface area contributed by atoms with Crippen LogP contribution in [0.1, 0.15) is 24.5 Å². The second-order valence-electron chi connectivity index (χ2n) is 3.49. The number of alkyl halides is 2. The number of hydrogen-bond donors (Lipinski definition) is 0. The minimum absolute atomic E-state index is 0.0818. The molecule has 3 nitrogen and oxygen atoms in total. The molecule has 0 saturated carbocycles. The lowest BCUT2D eigenvalue weighted by Crippen LogP contribution is -2.12. The zero-order valence-electron chi connectivity index (χ0n) is 9.67. The average Bonchev–Trinajstić information content (AvgIpc) is 2.29. The monoisotopic (exact) mass is 241 g/mol. The first-order valence-corrected chi connectivity index (χ1v) is 5.20. The topological polar surface area (TPSA) is 38.7 Å². The van der Waals surface area contributed by atoms with Gasteiger partial charge in [0.15, 0.2) is 0 Å². The molecule has 92 valence electrons. The molecule has 0 aromatic heterocycles. The highest BCUT2D eigenvalue weighted by Crippen LogP contribution is 2.38. The van der Waals surface area contributed by atoms with Crippen LogP contribution in [0.5, 0.6) is 5.75 Å². The van der Waals surface area contributed by atoms with Crippen LogP contribution in [0.3, 0.4) is 0 Å². The Morgan fingerprint density at radius 1 is 1.47 bits per heavy atom. The third-order valence-corrected chi connectivity index (χ3v) is 2.33. The fourth-order valence-electron chi connectivity index (χ4n) is 1.65. The number of ether oxygens (including phenoxy) is 1. The van der Waals surface area contributed by atoms with Gasteiger partial charge in [-0.2, -0.15) is 8.78 Å². The summed E-state index contributed by atoms with van der Waals surface area (Å²) in [6.07, 6.45) is 2.31. The van der Waals surface area contributed by atoms with E-state index in [1.54, 1.807) is 6.07 Å². The van der Waals surface area contributed by atoms with Crippen LogP contribution in [0, 0.1) is 0 Å². The molecule has 0 spiro atoms. The van der Waals surface area contributed by atoms with Gasteiger partial charge in [0.25, 0.3) is 0 Å². The Bertz CT molecular complexity index is 440. The van der Waals surface area contributed by atoms with Crippen molar-refractivity contribution in [3.05, 3.63) is 29.3 Å². The maximum atomic E-state index is 13.5. The second kappa shape index (κ2) is 5.55. The largest absolute Gasteiger partial charge is 0.496 e. The SMILES string of the molecule is CCCc1cccc(C(F)(F)N=C=O)c1OC. The summed E-state index contributed by atoms with van der Waals surface area (Å²) in [7, 11) is 1.32. The molecular formula is C12H13F2NO2. The molecule has 0 N–H and O–H groups in total. The lowest BCUT2D eigenvalue weighted by Gasteiger charge is -2.16. The Labute approximate surface area is 98.1 Å². The van der Waals surface area contributed by atoms with Crippen LogP contribution in [0.4, 0.5) is 8.78 Å². The van der Waals surface area contributed by atoms with E-state index in [1.165, 1.54) is 19.2 Å². The van der Waals surface area contributed by atoms with E-state index in [-0.39, 0.29) is 5.75 Å². The van der Waals surface area contributed by atoms with Gasteiger partial charge in [-0.1, -0.05) is 25.5 Å². The van der Waals surface area contributed by atoms with Crippen LogP contribution in [0.25, 0.3) is 0 Å². The fourth-order valence-corrected chi connectivity index (χ4v) is 1.65. The van der Waals surface area contributed by atoms with Crippen LogP contribution >= 0.6 is 0 Å². The minimum atomic E-state index is -3.60. The number of halogens is 2. The van der Waals surface area contributed by atoms with Crippen LogP contribution < -0.4 is 4.74 Å². The number of methoxy groups -OCH3 is 1. The summed E-state index contributed by atoms with van der Waals surface area (Å²) in [5, 5.41) is 0. The maximum absolute atomic E-state index is 13.5. The molecule has 0 amide bonds. The van der Waals surface area contributed by atoms with Gasteiger partial charge >= 0.3 is 6.05 Å². The standard InChI is InChI=1S/C12H13F2NO2/c1-3-5-9-6-4-7-10(11(9)17-2)12(13,14)15-8-16/h4,6-7H,3,5H2,1-2H3. The third kappa shape index (κ3) is 2.88. The van der Waals surface area contributed by atoms with Crippen molar-refractivity contribution in [2.24, 2.45) is 4.99 Å². The highest BCUT2D eigenvalue weighted by molar-refractivity contribution is 5.46. The van der Waals surface area contributed by atoms with Gasteiger partial charge in [0.1, 0.15) is 5.75 Å². The number of benzene rings is 1. The second-order valence-corrected chi connectivity index (χ2v) is 3.49. The molecule has 0 aliphatic carbocycles. The highest BCUT2D eigenvalue weighted by Gasteiger charge is 2.35. The molecule has 0 atom stereocenters. The summed E-state index contributed by atoms with van der Waals surface area (Å²) < 4.78 is 32.0. The van der Waals surface area contributed by atoms with Gasteiger partial charge in [0.05, 0.1) is 12.7 Å². The van der Waals surface area contributed by atoms with E-state index in [1.807, 2.05) is 6.92 Å². The average molecular weight is 241 g/mol. The number of aliphatic imine (C=N–C) groups is 1. The normalized spacial score (nSPS) is 10.8. The lowest BCUT2D eigenvalue weighted by molar-refractivity contribution is 0.00377. The van der Waals surface area contributed by atoms with Crippen LogP contribution in [-0.4, -0.2) is 13.2 Å². The molecule has 1 aromatic rings. The van der Waals surface area contributed by atoms with E-state index in [2.05, 4.69) is 4.99 Å². The molecule has 0 heterocycles. The Balaban J connectivity index is 3.33. The summed E-state index contributed by atoms with van der Waals surface area (Å²) in [5.74, 6) is 0.0818. The van der Waals surface area contributed by atoms with Gasteiger partial charge in [-0.05, 0) is 18.1 Å². The Morgan fingerprint density at radius 2 is 2.18 bits per heavy atom. The molecule has 0 aliphatic heterocycles. The van der Waals surface area contributed by atoms with Gasteiger partial charge < -0.3 is 4.74 Å². The molecular weight excluding hydrogens is 228 g/mol. The minimum Gasteiger partial charge on any atom is -0.496 e. The number of nitrogens with zero attached hydrogens (tertiary/aromatic N) is 1. The Morgan fingerprint density at radius 3 is 2.71 bits per heavy atom. The van der Waals surface area contributed by atoms with Crippen LogP contribution in [-0.2, 0) is 17.3 Å².